The first-order valence-corrected chi connectivity index (χ1v) is 6.61. The van der Waals surface area contributed by atoms with Crippen LogP contribution in [0.5, 0.6) is 0 Å². The second-order valence-corrected chi connectivity index (χ2v) is 5.20. The van der Waals surface area contributed by atoms with Gasteiger partial charge in [-0.15, -0.1) is 11.6 Å². The van der Waals surface area contributed by atoms with Crippen molar-refractivity contribution in [1.82, 2.24) is 5.32 Å². The second-order valence-electron chi connectivity index (χ2n) is 4.76. The van der Waals surface area contributed by atoms with Gasteiger partial charge in [0.15, 0.2) is 0 Å². The van der Waals surface area contributed by atoms with Gasteiger partial charge in [0, 0.05) is 6.04 Å². The molecule has 2 rings (SSSR count). The lowest BCUT2D eigenvalue weighted by molar-refractivity contribution is -0.122. The number of nitrogens with one attached hydrogen (secondary N) is 1. The van der Waals surface area contributed by atoms with Crippen LogP contribution in [0.1, 0.15) is 37.1 Å². The average molecular weight is 252 g/mol. The van der Waals surface area contributed by atoms with Gasteiger partial charge in [-0.2, -0.15) is 0 Å². The maximum Gasteiger partial charge on any atom is 0.242 e. The molecule has 1 aliphatic rings. The van der Waals surface area contributed by atoms with Gasteiger partial charge in [0.05, 0.1) is 0 Å². The van der Waals surface area contributed by atoms with Crippen molar-refractivity contribution < 1.29 is 4.79 Å². The van der Waals surface area contributed by atoms with Crippen molar-refractivity contribution in [3.63, 3.8) is 0 Å². The zero-order chi connectivity index (χ0) is 12.3. The Hall–Kier alpha value is -1.02. The summed E-state index contributed by atoms with van der Waals surface area (Å²) in [4.78, 5) is 12.0. The predicted octanol–water partition coefficient (Wildman–Crippen LogP) is 3.27. The maximum absolute atomic E-state index is 12.0. The van der Waals surface area contributed by atoms with Crippen LogP contribution in [-0.4, -0.2) is 11.9 Å². The SMILES string of the molecule is CC(NC(=O)C(Cl)c1ccccc1)C1CCC1. The quantitative estimate of drug-likeness (QED) is 0.818. The molecule has 1 aromatic rings. The number of halogens is 1. The number of carbonyl (C=O) groups excluding carboxylic acids is 1. The topological polar surface area (TPSA) is 29.1 Å². The molecule has 1 aromatic carbocycles. The van der Waals surface area contributed by atoms with E-state index in [9.17, 15) is 4.79 Å². The maximum atomic E-state index is 12.0. The van der Waals surface area contributed by atoms with Gasteiger partial charge in [-0.3, -0.25) is 4.79 Å². The third-order valence-corrected chi connectivity index (χ3v) is 4.00. The summed E-state index contributed by atoms with van der Waals surface area (Å²) in [6.45, 7) is 2.07. The number of hydrogen-bond acceptors (Lipinski definition) is 1. The van der Waals surface area contributed by atoms with Crippen molar-refractivity contribution in [2.24, 2.45) is 5.92 Å². The Kier molecular flexibility index (Phi) is 4.06. The van der Waals surface area contributed by atoms with E-state index in [0.717, 1.165) is 5.56 Å². The minimum absolute atomic E-state index is 0.0859. The fourth-order valence-corrected chi connectivity index (χ4v) is 2.34. The molecule has 0 aromatic heterocycles. The van der Waals surface area contributed by atoms with Crippen LogP contribution < -0.4 is 5.32 Å². The van der Waals surface area contributed by atoms with E-state index in [1.165, 1.54) is 19.3 Å². The summed E-state index contributed by atoms with van der Waals surface area (Å²) in [5.41, 5.74) is 0.854. The van der Waals surface area contributed by atoms with Crippen LogP contribution in [-0.2, 0) is 4.79 Å². The Balaban J connectivity index is 1.91. The van der Waals surface area contributed by atoms with E-state index < -0.39 is 5.38 Å². The van der Waals surface area contributed by atoms with E-state index in [1.807, 2.05) is 30.3 Å². The standard InChI is InChI=1S/C14H18ClNO/c1-10(11-8-5-9-11)16-14(17)13(15)12-6-3-2-4-7-12/h2-4,6-7,10-11,13H,5,8-9H2,1H3,(H,16,17). The number of rotatable bonds is 4. The van der Waals surface area contributed by atoms with E-state index in [2.05, 4.69) is 12.2 Å². The van der Waals surface area contributed by atoms with E-state index in [4.69, 9.17) is 11.6 Å². The summed E-state index contributed by atoms with van der Waals surface area (Å²) in [7, 11) is 0. The lowest BCUT2D eigenvalue weighted by Crippen LogP contribution is -2.42. The molecular formula is C14H18ClNO. The van der Waals surface area contributed by atoms with E-state index in [1.54, 1.807) is 0 Å². The Morgan fingerprint density at radius 1 is 1.35 bits per heavy atom. The number of carbonyl (C=O) groups is 1. The molecule has 2 atom stereocenters. The van der Waals surface area contributed by atoms with Gasteiger partial charge in [-0.25, -0.2) is 0 Å². The second kappa shape index (κ2) is 5.54. The fourth-order valence-electron chi connectivity index (χ4n) is 2.13. The molecule has 1 fully saturated rings. The number of alkyl halides is 1. The van der Waals surface area contributed by atoms with Gasteiger partial charge in [-0.05, 0) is 31.2 Å². The van der Waals surface area contributed by atoms with Crippen molar-refractivity contribution in [2.45, 2.75) is 37.6 Å². The summed E-state index contributed by atoms with van der Waals surface area (Å²) < 4.78 is 0. The zero-order valence-electron chi connectivity index (χ0n) is 10.0. The molecule has 1 saturated carbocycles. The molecule has 2 nitrogen and oxygen atoms in total. The van der Waals surface area contributed by atoms with Crippen LogP contribution in [0, 0.1) is 5.92 Å². The molecule has 0 heterocycles. The molecule has 1 N–H and O–H groups in total. The van der Waals surface area contributed by atoms with E-state index in [-0.39, 0.29) is 11.9 Å². The molecule has 1 aliphatic carbocycles. The van der Waals surface area contributed by atoms with Crippen LogP contribution in [0.4, 0.5) is 0 Å². The number of hydrogen-bond donors (Lipinski definition) is 1. The molecule has 0 aliphatic heterocycles. The van der Waals surface area contributed by atoms with Gasteiger partial charge >= 0.3 is 0 Å². The van der Waals surface area contributed by atoms with Gasteiger partial charge < -0.3 is 5.32 Å². The lowest BCUT2D eigenvalue weighted by atomic mass is 9.80. The third-order valence-electron chi connectivity index (χ3n) is 3.55. The highest BCUT2D eigenvalue weighted by atomic mass is 35.5. The predicted molar refractivity (Wildman–Crippen MR) is 70.0 cm³/mol. The van der Waals surface area contributed by atoms with Crippen LogP contribution >= 0.6 is 11.6 Å². The Labute approximate surface area is 107 Å². The minimum Gasteiger partial charge on any atom is -0.352 e. The summed E-state index contributed by atoms with van der Waals surface area (Å²) in [6.07, 6.45) is 3.73. The van der Waals surface area contributed by atoms with Gasteiger partial charge in [-0.1, -0.05) is 36.8 Å². The molecule has 92 valence electrons. The number of benzene rings is 1. The molecule has 3 heteroatoms. The lowest BCUT2D eigenvalue weighted by Gasteiger charge is -2.32. The first-order chi connectivity index (χ1) is 8.18. The van der Waals surface area contributed by atoms with Crippen LogP contribution in [0.2, 0.25) is 0 Å². The van der Waals surface area contributed by atoms with Gasteiger partial charge in [0.2, 0.25) is 5.91 Å². The highest BCUT2D eigenvalue weighted by Crippen LogP contribution is 2.30. The van der Waals surface area contributed by atoms with Crippen molar-refractivity contribution >= 4 is 17.5 Å². The molecule has 17 heavy (non-hydrogen) atoms. The van der Waals surface area contributed by atoms with Crippen molar-refractivity contribution in [3.05, 3.63) is 35.9 Å². The van der Waals surface area contributed by atoms with Crippen molar-refractivity contribution in [2.75, 3.05) is 0 Å². The van der Waals surface area contributed by atoms with Gasteiger partial charge in [0.25, 0.3) is 0 Å². The third kappa shape index (κ3) is 3.01. The smallest absolute Gasteiger partial charge is 0.242 e. The van der Waals surface area contributed by atoms with Crippen LogP contribution in [0.15, 0.2) is 30.3 Å². The van der Waals surface area contributed by atoms with Gasteiger partial charge in [0.1, 0.15) is 5.38 Å². The fraction of sp³-hybridized carbons (Fsp3) is 0.500. The zero-order valence-corrected chi connectivity index (χ0v) is 10.8. The largest absolute Gasteiger partial charge is 0.352 e. The molecular weight excluding hydrogens is 234 g/mol. The minimum atomic E-state index is -0.585. The van der Waals surface area contributed by atoms with Crippen LogP contribution in [0.3, 0.4) is 0 Å². The van der Waals surface area contributed by atoms with Crippen molar-refractivity contribution in [3.8, 4) is 0 Å². The van der Waals surface area contributed by atoms with Crippen LogP contribution in [0.25, 0.3) is 0 Å². The number of amides is 1. The first-order valence-electron chi connectivity index (χ1n) is 6.18. The van der Waals surface area contributed by atoms with Crippen molar-refractivity contribution in [1.29, 1.82) is 0 Å². The highest BCUT2D eigenvalue weighted by molar-refractivity contribution is 6.30. The monoisotopic (exact) mass is 251 g/mol. The highest BCUT2D eigenvalue weighted by Gasteiger charge is 2.27. The summed E-state index contributed by atoms with van der Waals surface area (Å²) in [5.74, 6) is 0.552. The Morgan fingerprint density at radius 2 is 2.00 bits per heavy atom. The molecule has 0 saturated heterocycles. The molecule has 0 bridgehead atoms. The molecule has 1 amide bonds. The normalized spacial score (nSPS) is 19.2. The summed E-state index contributed by atoms with van der Waals surface area (Å²) >= 11 is 6.15. The summed E-state index contributed by atoms with van der Waals surface area (Å²) in [5, 5.41) is 2.42. The molecule has 0 radical (unpaired) electrons. The average Bonchev–Trinajstić information content (AvgIpc) is 2.26. The van der Waals surface area contributed by atoms with E-state index in [0.29, 0.717) is 5.92 Å². The Morgan fingerprint density at radius 3 is 2.53 bits per heavy atom. The molecule has 0 spiro atoms. The first kappa shape index (κ1) is 12.4. The molecule has 2 unspecified atom stereocenters. The van der Waals surface area contributed by atoms with E-state index >= 15 is 0 Å². The Bertz CT molecular complexity index is 375. The summed E-state index contributed by atoms with van der Waals surface area (Å²) in [6, 6.07) is 9.71.